The maximum atomic E-state index is 12.6. The van der Waals surface area contributed by atoms with Crippen LogP contribution in [-0.4, -0.2) is 35.8 Å². The Morgan fingerprint density at radius 2 is 1.59 bits per heavy atom. The summed E-state index contributed by atoms with van der Waals surface area (Å²) in [5.74, 6) is -0.0858. The van der Waals surface area contributed by atoms with E-state index >= 15 is 0 Å². The lowest BCUT2D eigenvalue weighted by molar-refractivity contribution is -0.140. The predicted molar refractivity (Wildman–Crippen MR) is 102 cm³/mol. The van der Waals surface area contributed by atoms with Crippen molar-refractivity contribution in [3.05, 3.63) is 41.0 Å². The first-order valence-corrected chi connectivity index (χ1v) is 9.53. The number of urea groups is 1. The Kier molecular flexibility index (Phi) is 4.29. The Morgan fingerprint density at radius 1 is 1.04 bits per heavy atom. The van der Waals surface area contributed by atoms with Gasteiger partial charge >= 0.3 is 6.03 Å². The van der Waals surface area contributed by atoms with E-state index in [-0.39, 0.29) is 54.6 Å². The normalized spacial score (nSPS) is 28.0. The molecule has 142 valence electrons. The molecule has 1 aromatic carbocycles. The zero-order valence-electron chi connectivity index (χ0n) is 15.9. The number of fused-ring (bicyclic) bond motifs is 5. The van der Waals surface area contributed by atoms with E-state index in [9.17, 15) is 14.4 Å². The molecule has 2 N–H and O–H groups in total. The average Bonchev–Trinajstić information content (AvgIpc) is 3.27. The Balaban J connectivity index is 1.32. The second-order valence-corrected chi connectivity index (χ2v) is 7.98. The number of imide groups is 1. The van der Waals surface area contributed by atoms with Crippen molar-refractivity contribution in [2.24, 2.45) is 23.7 Å². The van der Waals surface area contributed by atoms with Crippen molar-refractivity contribution in [1.82, 2.24) is 10.2 Å². The zero-order chi connectivity index (χ0) is 19.3. The van der Waals surface area contributed by atoms with Gasteiger partial charge in [-0.2, -0.15) is 0 Å². The molecule has 4 amide bonds. The Labute approximate surface area is 159 Å². The van der Waals surface area contributed by atoms with Crippen molar-refractivity contribution in [2.75, 3.05) is 18.4 Å². The molecular formula is C21H25N3O3. The second-order valence-electron chi connectivity index (χ2n) is 7.98. The molecule has 27 heavy (non-hydrogen) atoms. The third kappa shape index (κ3) is 2.93. The number of hydrogen-bond acceptors (Lipinski definition) is 3. The van der Waals surface area contributed by atoms with Gasteiger partial charge in [0.25, 0.3) is 0 Å². The number of carbonyl (C=O) groups excluding carboxylic acids is 3. The number of hydrogen-bond donors (Lipinski definition) is 2. The molecule has 3 aliphatic rings. The van der Waals surface area contributed by atoms with Crippen LogP contribution in [0.3, 0.4) is 0 Å². The van der Waals surface area contributed by atoms with Gasteiger partial charge in [0.1, 0.15) is 0 Å². The monoisotopic (exact) mass is 367 g/mol. The van der Waals surface area contributed by atoms with E-state index < -0.39 is 0 Å². The second kappa shape index (κ2) is 6.51. The number of anilines is 1. The summed E-state index contributed by atoms with van der Waals surface area (Å²) in [5.41, 5.74) is 3.95. The summed E-state index contributed by atoms with van der Waals surface area (Å²) in [6, 6.07) is 3.71. The summed E-state index contributed by atoms with van der Waals surface area (Å²) in [4.78, 5) is 38.8. The first-order chi connectivity index (χ1) is 12.9. The zero-order valence-corrected chi connectivity index (χ0v) is 15.9. The van der Waals surface area contributed by atoms with Crippen LogP contribution in [-0.2, 0) is 9.59 Å². The molecule has 1 heterocycles. The van der Waals surface area contributed by atoms with Gasteiger partial charge in [-0.1, -0.05) is 29.8 Å². The Bertz CT molecular complexity index is 807. The van der Waals surface area contributed by atoms with Crippen molar-refractivity contribution in [2.45, 2.75) is 27.2 Å². The highest BCUT2D eigenvalue weighted by atomic mass is 16.2. The molecule has 0 aromatic heterocycles. The molecule has 0 radical (unpaired) electrons. The van der Waals surface area contributed by atoms with Gasteiger partial charge < -0.3 is 10.6 Å². The van der Waals surface area contributed by atoms with E-state index in [0.29, 0.717) is 0 Å². The van der Waals surface area contributed by atoms with Gasteiger partial charge in [0.2, 0.25) is 11.8 Å². The highest BCUT2D eigenvalue weighted by molar-refractivity contribution is 6.06. The van der Waals surface area contributed by atoms with Crippen molar-refractivity contribution in [3.63, 3.8) is 0 Å². The summed E-state index contributed by atoms with van der Waals surface area (Å²) in [6.07, 6.45) is 5.09. The quantitative estimate of drug-likeness (QED) is 0.634. The first kappa shape index (κ1) is 17.8. The molecule has 1 saturated heterocycles. The molecule has 4 rings (SSSR count). The van der Waals surface area contributed by atoms with Crippen molar-refractivity contribution >= 4 is 23.5 Å². The van der Waals surface area contributed by atoms with Gasteiger partial charge in [-0.25, -0.2) is 4.79 Å². The molecule has 1 aliphatic heterocycles. The summed E-state index contributed by atoms with van der Waals surface area (Å²) < 4.78 is 0. The lowest BCUT2D eigenvalue weighted by Gasteiger charge is -2.18. The summed E-state index contributed by atoms with van der Waals surface area (Å²) in [7, 11) is 0. The number of rotatable bonds is 4. The van der Waals surface area contributed by atoms with E-state index in [1.165, 1.54) is 4.90 Å². The van der Waals surface area contributed by atoms with Crippen molar-refractivity contribution in [3.8, 4) is 0 Å². The van der Waals surface area contributed by atoms with Crippen LogP contribution < -0.4 is 10.6 Å². The van der Waals surface area contributed by atoms with Crippen LogP contribution in [0.15, 0.2) is 24.3 Å². The van der Waals surface area contributed by atoms with Crippen LogP contribution in [0.2, 0.25) is 0 Å². The molecule has 0 spiro atoms. The first-order valence-electron chi connectivity index (χ1n) is 9.53. The minimum absolute atomic E-state index is 0.0747. The standard InChI is InChI=1S/C21H25N3O3/c1-11-8-12(2)18(13(3)9-11)23-21(27)22-6-7-24-19(25)16-14-4-5-15(10-14)17(16)20(24)26/h4-5,8-9,14-17H,6-7,10H2,1-3H3,(H2,22,23,27)/t14-,15-,16-,17+/m0/s1. The third-order valence-corrected chi connectivity index (χ3v) is 6.10. The fraction of sp³-hybridized carbons (Fsp3) is 0.476. The van der Waals surface area contributed by atoms with Crippen LogP contribution >= 0.6 is 0 Å². The van der Waals surface area contributed by atoms with Crippen LogP contribution in [0.4, 0.5) is 10.5 Å². The van der Waals surface area contributed by atoms with Crippen molar-refractivity contribution in [1.29, 1.82) is 0 Å². The number of benzene rings is 1. The number of carbonyl (C=O) groups is 3. The topological polar surface area (TPSA) is 78.5 Å². The number of amides is 4. The van der Waals surface area contributed by atoms with Gasteiger partial charge in [-0.3, -0.25) is 14.5 Å². The molecule has 1 aromatic rings. The molecular weight excluding hydrogens is 342 g/mol. The SMILES string of the molecule is Cc1cc(C)c(NC(=O)NCCN2C(=O)[C@@H]3[C@H](C2=O)[C@H]2C=C[C@H]3C2)c(C)c1. The van der Waals surface area contributed by atoms with Crippen LogP contribution in [0.1, 0.15) is 23.1 Å². The smallest absolute Gasteiger partial charge is 0.319 e. The minimum atomic E-state index is -0.328. The molecule has 2 fully saturated rings. The van der Waals surface area contributed by atoms with Crippen LogP contribution in [0, 0.1) is 44.4 Å². The van der Waals surface area contributed by atoms with Crippen molar-refractivity contribution < 1.29 is 14.4 Å². The molecule has 6 heteroatoms. The largest absolute Gasteiger partial charge is 0.336 e. The maximum absolute atomic E-state index is 12.6. The van der Waals surface area contributed by atoms with Gasteiger partial charge in [0.05, 0.1) is 11.8 Å². The predicted octanol–water partition coefficient (Wildman–Crippen LogP) is 2.54. The van der Waals surface area contributed by atoms with Crippen LogP contribution in [0.25, 0.3) is 0 Å². The number of nitrogens with one attached hydrogen (secondary N) is 2. The number of nitrogens with zero attached hydrogens (tertiary/aromatic N) is 1. The average molecular weight is 367 g/mol. The number of likely N-dealkylation sites (tertiary alicyclic amines) is 1. The van der Waals surface area contributed by atoms with Gasteiger partial charge in [0, 0.05) is 18.8 Å². The van der Waals surface area contributed by atoms with E-state index in [2.05, 4.69) is 22.8 Å². The van der Waals surface area contributed by atoms with Crippen LogP contribution in [0.5, 0.6) is 0 Å². The lowest BCUT2D eigenvalue weighted by atomic mass is 9.85. The summed E-state index contributed by atoms with van der Waals surface area (Å²) >= 11 is 0. The lowest BCUT2D eigenvalue weighted by Crippen LogP contribution is -2.41. The fourth-order valence-corrected chi connectivity index (χ4v) is 5.00. The highest BCUT2D eigenvalue weighted by Gasteiger charge is 2.58. The maximum Gasteiger partial charge on any atom is 0.319 e. The number of aryl methyl sites for hydroxylation is 3. The fourth-order valence-electron chi connectivity index (χ4n) is 5.00. The Hall–Kier alpha value is -2.63. The summed E-state index contributed by atoms with van der Waals surface area (Å²) in [5, 5.41) is 5.63. The van der Waals surface area contributed by atoms with E-state index in [1.807, 2.05) is 32.9 Å². The molecule has 0 unspecified atom stereocenters. The van der Waals surface area contributed by atoms with E-state index in [1.54, 1.807) is 0 Å². The highest BCUT2D eigenvalue weighted by Crippen LogP contribution is 2.52. The molecule has 4 atom stereocenters. The molecule has 1 saturated carbocycles. The minimum Gasteiger partial charge on any atom is -0.336 e. The van der Waals surface area contributed by atoms with Gasteiger partial charge in [-0.15, -0.1) is 0 Å². The van der Waals surface area contributed by atoms with E-state index in [4.69, 9.17) is 0 Å². The third-order valence-electron chi connectivity index (χ3n) is 6.10. The molecule has 2 bridgehead atoms. The number of allylic oxidation sites excluding steroid dienone is 2. The molecule has 6 nitrogen and oxygen atoms in total. The van der Waals surface area contributed by atoms with Gasteiger partial charge in [-0.05, 0) is 50.2 Å². The van der Waals surface area contributed by atoms with E-state index in [0.717, 1.165) is 28.8 Å². The summed E-state index contributed by atoms with van der Waals surface area (Å²) in [6.45, 7) is 6.40. The molecule has 2 aliphatic carbocycles. The Morgan fingerprint density at radius 3 is 2.15 bits per heavy atom. The van der Waals surface area contributed by atoms with Gasteiger partial charge in [0.15, 0.2) is 0 Å².